The Hall–Kier alpha value is -1.14. The number of thiophene rings is 1. The summed E-state index contributed by atoms with van der Waals surface area (Å²) >= 11 is 4.73. The second-order valence-electron chi connectivity index (χ2n) is 4.97. The molecule has 1 amide bonds. The van der Waals surface area contributed by atoms with Gasteiger partial charge in [0, 0.05) is 21.6 Å². The van der Waals surface area contributed by atoms with E-state index in [1.165, 1.54) is 11.3 Å². The standard InChI is InChI=1S/C12H14BrN3OS/c1-12(2,3)8-6-9(16-15-8)14-11(17)10-7(13)4-5-18-10/h4-6H,1-3H3,(H2,14,15,16,17). The molecule has 0 bridgehead atoms. The highest BCUT2D eigenvalue weighted by Gasteiger charge is 2.18. The zero-order valence-corrected chi connectivity index (χ0v) is 12.8. The number of anilines is 1. The zero-order chi connectivity index (χ0) is 13.3. The summed E-state index contributed by atoms with van der Waals surface area (Å²) < 4.78 is 0.802. The SMILES string of the molecule is CC(C)(C)c1cc(NC(=O)c2sccc2Br)n[nH]1. The lowest BCUT2D eigenvalue weighted by atomic mass is 9.92. The molecular formula is C12H14BrN3OS. The summed E-state index contributed by atoms with van der Waals surface area (Å²) in [4.78, 5) is 12.6. The average molecular weight is 328 g/mol. The molecule has 0 saturated carbocycles. The van der Waals surface area contributed by atoms with Gasteiger partial charge < -0.3 is 5.32 Å². The van der Waals surface area contributed by atoms with Gasteiger partial charge in [0.2, 0.25) is 0 Å². The van der Waals surface area contributed by atoms with E-state index in [9.17, 15) is 4.79 Å². The number of amides is 1. The highest BCUT2D eigenvalue weighted by molar-refractivity contribution is 9.10. The van der Waals surface area contributed by atoms with E-state index in [-0.39, 0.29) is 11.3 Å². The molecule has 0 unspecified atom stereocenters. The zero-order valence-electron chi connectivity index (χ0n) is 10.4. The molecule has 0 aliphatic carbocycles. The number of hydrogen-bond acceptors (Lipinski definition) is 3. The minimum atomic E-state index is -0.149. The Bertz CT molecular complexity index is 568. The molecule has 0 aliphatic rings. The van der Waals surface area contributed by atoms with Crippen LogP contribution in [0.5, 0.6) is 0 Å². The molecule has 2 aromatic heterocycles. The first-order valence-corrected chi connectivity index (χ1v) is 7.15. The lowest BCUT2D eigenvalue weighted by Gasteiger charge is -2.14. The smallest absolute Gasteiger partial charge is 0.268 e. The molecule has 0 atom stereocenters. The maximum atomic E-state index is 12.0. The van der Waals surface area contributed by atoms with Crippen molar-refractivity contribution in [3.8, 4) is 0 Å². The summed E-state index contributed by atoms with van der Waals surface area (Å²) in [5.74, 6) is 0.397. The van der Waals surface area contributed by atoms with Gasteiger partial charge >= 0.3 is 0 Å². The molecule has 18 heavy (non-hydrogen) atoms. The van der Waals surface area contributed by atoms with E-state index in [1.54, 1.807) is 0 Å². The average Bonchev–Trinajstić information content (AvgIpc) is 2.85. The topological polar surface area (TPSA) is 57.8 Å². The van der Waals surface area contributed by atoms with Gasteiger partial charge in [0.1, 0.15) is 4.88 Å². The fraction of sp³-hybridized carbons (Fsp3) is 0.333. The van der Waals surface area contributed by atoms with Crippen molar-refractivity contribution in [3.63, 3.8) is 0 Å². The molecule has 0 aliphatic heterocycles. The van der Waals surface area contributed by atoms with Crippen molar-refractivity contribution in [1.29, 1.82) is 0 Å². The third-order valence-electron chi connectivity index (χ3n) is 2.45. The third kappa shape index (κ3) is 2.81. The van der Waals surface area contributed by atoms with Crippen LogP contribution < -0.4 is 5.32 Å². The van der Waals surface area contributed by atoms with Crippen molar-refractivity contribution in [2.45, 2.75) is 26.2 Å². The number of aromatic amines is 1. The molecule has 0 spiro atoms. The maximum absolute atomic E-state index is 12.0. The Morgan fingerprint density at radius 1 is 1.50 bits per heavy atom. The van der Waals surface area contributed by atoms with E-state index in [0.717, 1.165) is 10.2 Å². The first-order chi connectivity index (χ1) is 8.38. The van der Waals surface area contributed by atoms with Crippen LogP contribution in [0.3, 0.4) is 0 Å². The molecule has 2 rings (SSSR count). The van der Waals surface area contributed by atoms with Crippen molar-refractivity contribution in [3.05, 3.63) is 32.6 Å². The molecule has 2 heterocycles. The predicted molar refractivity (Wildman–Crippen MR) is 77.3 cm³/mol. The number of aromatic nitrogens is 2. The second-order valence-corrected chi connectivity index (χ2v) is 6.74. The Morgan fingerprint density at radius 3 is 2.72 bits per heavy atom. The van der Waals surface area contributed by atoms with Crippen LogP contribution in [-0.2, 0) is 5.41 Å². The number of rotatable bonds is 2. The lowest BCUT2D eigenvalue weighted by Crippen LogP contribution is -2.12. The lowest BCUT2D eigenvalue weighted by molar-refractivity contribution is 0.102. The monoisotopic (exact) mass is 327 g/mol. The summed E-state index contributed by atoms with van der Waals surface area (Å²) in [5, 5.41) is 11.7. The van der Waals surface area contributed by atoms with Crippen molar-refractivity contribution < 1.29 is 4.79 Å². The highest BCUT2D eigenvalue weighted by atomic mass is 79.9. The van der Waals surface area contributed by atoms with Crippen LogP contribution in [0.4, 0.5) is 5.82 Å². The molecule has 0 aromatic carbocycles. The molecular weight excluding hydrogens is 314 g/mol. The normalized spacial score (nSPS) is 11.6. The first kappa shape index (κ1) is 13.3. The third-order valence-corrected chi connectivity index (χ3v) is 4.29. The molecule has 0 saturated heterocycles. The summed E-state index contributed by atoms with van der Waals surface area (Å²) in [6, 6.07) is 3.71. The van der Waals surface area contributed by atoms with Crippen LogP contribution in [0, 0.1) is 0 Å². The van der Waals surface area contributed by atoms with Crippen molar-refractivity contribution in [2.75, 3.05) is 5.32 Å². The van der Waals surface area contributed by atoms with Gasteiger partial charge in [-0.15, -0.1) is 11.3 Å². The number of carbonyl (C=O) groups is 1. The van der Waals surface area contributed by atoms with Crippen LogP contribution in [0.15, 0.2) is 22.0 Å². The van der Waals surface area contributed by atoms with Crippen molar-refractivity contribution in [2.24, 2.45) is 0 Å². The number of nitrogens with one attached hydrogen (secondary N) is 2. The highest BCUT2D eigenvalue weighted by Crippen LogP contribution is 2.25. The Balaban J connectivity index is 2.13. The van der Waals surface area contributed by atoms with Gasteiger partial charge in [-0.2, -0.15) is 5.10 Å². The fourth-order valence-electron chi connectivity index (χ4n) is 1.40. The first-order valence-electron chi connectivity index (χ1n) is 5.48. The maximum Gasteiger partial charge on any atom is 0.268 e. The molecule has 4 nitrogen and oxygen atoms in total. The van der Waals surface area contributed by atoms with Gasteiger partial charge in [-0.25, -0.2) is 0 Å². The van der Waals surface area contributed by atoms with Crippen molar-refractivity contribution >= 4 is 39.0 Å². The Labute approximate surface area is 118 Å². The number of halogens is 1. The number of nitrogens with zero attached hydrogens (tertiary/aromatic N) is 1. The number of carbonyl (C=O) groups excluding carboxylic acids is 1. The van der Waals surface area contributed by atoms with Gasteiger partial charge in [-0.1, -0.05) is 20.8 Å². The minimum absolute atomic E-state index is 0.0144. The van der Waals surface area contributed by atoms with Crippen molar-refractivity contribution in [1.82, 2.24) is 10.2 Å². The Kier molecular flexibility index (Phi) is 3.59. The molecule has 96 valence electrons. The fourth-order valence-corrected chi connectivity index (χ4v) is 2.85. The van der Waals surface area contributed by atoms with E-state index in [4.69, 9.17) is 0 Å². The van der Waals surface area contributed by atoms with E-state index in [1.807, 2.05) is 17.5 Å². The Morgan fingerprint density at radius 2 is 2.22 bits per heavy atom. The minimum Gasteiger partial charge on any atom is -0.304 e. The van der Waals surface area contributed by atoms with E-state index in [2.05, 4.69) is 52.2 Å². The number of H-pyrrole nitrogens is 1. The van der Waals surface area contributed by atoms with Gasteiger partial charge in [0.25, 0.3) is 5.91 Å². The number of hydrogen-bond donors (Lipinski definition) is 2. The molecule has 2 N–H and O–H groups in total. The quantitative estimate of drug-likeness (QED) is 0.881. The largest absolute Gasteiger partial charge is 0.304 e. The summed E-state index contributed by atoms with van der Waals surface area (Å²) in [5.41, 5.74) is 0.975. The summed E-state index contributed by atoms with van der Waals surface area (Å²) in [6.07, 6.45) is 0. The second kappa shape index (κ2) is 4.85. The van der Waals surface area contributed by atoms with Gasteiger partial charge in [-0.05, 0) is 27.4 Å². The van der Waals surface area contributed by atoms with Gasteiger partial charge in [0.15, 0.2) is 5.82 Å². The van der Waals surface area contributed by atoms with Crippen LogP contribution in [0.25, 0.3) is 0 Å². The molecule has 0 radical (unpaired) electrons. The van der Waals surface area contributed by atoms with E-state index in [0.29, 0.717) is 10.7 Å². The van der Waals surface area contributed by atoms with Crippen LogP contribution in [0.2, 0.25) is 0 Å². The van der Waals surface area contributed by atoms with Crippen LogP contribution >= 0.6 is 27.3 Å². The molecule has 0 fully saturated rings. The summed E-state index contributed by atoms with van der Waals surface area (Å²) in [7, 11) is 0. The molecule has 2 aromatic rings. The van der Waals surface area contributed by atoms with Crippen LogP contribution in [-0.4, -0.2) is 16.1 Å². The van der Waals surface area contributed by atoms with E-state index < -0.39 is 0 Å². The van der Waals surface area contributed by atoms with E-state index >= 15 is 0 Å². The molecule has 6 heteroatoms. The van der Waals surface area contributed by atoms with Crippen LogP contribution in [0.1, 0.15) is 36.1 Å². The van der Waals surface area contributed by atoms with Gasteiger partial charge in [-0.3, -0.25) is 9.89 Å². The predicted octanol–water partition coefficient (Wildman–Crippen LogP) is 3.78. The summed E-state index contributed by atoms with van der Waals surface area (Å²) in [6.45, 7) is 6.26. The van der Waals surface area contributed by atoms with Gasteiger partial charge in [0.05, 0.1) is 0 Å².